The van der Waals surface area contributed by atoms with Crippen molar-refractivity contribution in [3.63, 3.8) is 0 Å². The van der Waals surface area contributed by atoms with Crippen LogP contribution in [-0.4, -0.2) is 22.5 Å². The molecule has 4 nitrogen and oxygen atoms in total. The van der Waals surface area contributed by atoms with Crippen LogP contribution in [0.1, 0.15) is 12.6 Å². The fourth-order valence-corrected chi connectivity index (χ4v) is 1.30. The van der Waals surface area contributed by atoms with E-state index in [0.29, 0.717) is 17.9 Å². The number of hydrogen-bond acceptors (Lipinski definition) is 4. The van der Waals surface area contributed by atoms with Gasteiger partial charge in [0.05, 0.1) is 6.61 Å². The van der Waals surface area contributed by atoms with Crippen LogP contribution in [0.3, 0.4) is 0 Å². The average molecular weight is 226 g/mol. The molecule has 17 heavy (non-hydrogen) atoms. The summed E-state index contributed by atoms with van der Waals surface area (Å²) in [6.45, 7) is 2.05. The zero-order valence-electron chi connectivity index (χ0n) is 9.30. The molecule has 0 bridgehead atoms. The molecule has 0 unspecified atom stereocenters. The molecule has 2 aromatic heterocycles. The minimum absolute atomic E-state index is 0.320. The normalized spacial score (nSPS) is 9.47. The summed E-state index contributed by atoms with van der Waals surface area (Å²) in [5.41, 5.74) is 1.12. The minimum Gasteiger partial charge on any atom is -0.456 e. The van der Waals surface area contributed by atoms with E-state index in [1.165, 1.54) is 0 Å². The van der Waals surface area contributed by atoms with E-state index in [1.54, 1.807) is 19.2 Å². The number of carbonyl (C=O) groups is 1. The van der Waals surface area contributed by atoms with E-state index < -0.39 is 5.97 Å². The van der Waals surface area contributed by atoms with Crippen molar-refractivity contribution < 1.29 is 9.53 Å². The van der Waals surface area contributed by atoms with Gasteiger partial charge in [-0.05, 0) is 37.1 Å². The highest BCUT2D eigenvalue weighted by molar-refractivity contribution is 5.89. The lowest BCUT2D eigenvalue weighted by Gasteiger charge is -1.95. The van der Waals surface area contributed by atoms with E-state index >= 15 is 0 Å². The molecule has 0 saturated carbocycles. The molecule has 0 aliphatic rings. The summed E-state index contributed by atoms with van der Waals surface area (Å²) < 4.78 is 4.70. The van der Waals surface area contributed by atoms with Crippen molar-refractivity contribution in [1.29, 1.82) is 0 Å². The number of rotatable bonds is 1. The molecule has 0 amide bonds. The van der Waals surface area contributed by atoms with Gasteiger partial charge in [0.15, 0.2) is 5.65 Å². The van der Waals surface area contributed by atoms with Gasteiger partial charge in [0, 0.05) is 17.5 Å². The van der Waals surface area contributed by atoms with Crippen molar-refractivity contribution >= 4 is 17.0 Å². The van der Waals surface area contributed by atoms with Crippen LogP contribution in [0, 0.1) is 11.8 Å². The van der Waals surface area contributed by atoms with Crippen LogP contribution in [0.15, 0.2) is 30.5 Å². The molecule has 0 radical (unpaired) electrons. The highest BCUT2D eigenvalue weighted by atomic mass is 16.5. The van der Waals surface area contributed by atoms with Gasteiger partial charge in [-0.15, -0.1) is 0 Å². The van der Waals surface area contributed by atoms with E-state index in [2.05, 4.69) is 21.8 Å². The summed E-state index contributed by atoms with van der Waals surface area (Å²) in [6, 6.07) is 7.37. The van der Waals surface area contributed by atoms with Gasteiger partial charge in [-0.1, -0.05) is 0 Å². The third kappa shape index (κ3) is 2.79. The van der Waals surface area contributed by atoms with Gasteiger partial charge in [0.25, 0.3) is 0 Å². The Morgan fingerprint density at radius 2 is 2.29 bits per heavy atom. The predicted molar refractivity (Wildman–Crippen MR) is 63.0 cm³/mol. The van der Waals surface area contributed by atoms with Gasteiger partial charge in [-0.2, -0.15) is 0 Å². The number of aromatic nitrogens is 2. The van der Waals surface area contributed by atoms with Crippen LogP contribution in [0.5, 0.6) is 0 Å². The van der Waals surface area contributed by atoms with Crippen LogP contribution in [0.25, 0.3) is 11.0 Å². The Hall–Kier alpha value is -2.41. The van der Waals surface area contributed by atoms with Gasteiger partial charge in [0.1, 0.15) is 5.69 Å². The van der Waals surface area contributed by atoms with Crippen molar-refractivity contribution in [2.45, 2.75) is 6.92 Å². The van der Waals surface area contributed by atoms with Crippen molar-refractivity contribution in [2.24, 2.45) is 0 Å². The largest absolute Gasteiger partial charge is 0.456 e. The van der Waals surface area contributed by atoms with Crippen LogP contribution >= 0.6 is 0 Å². The molecule has 4 heteroatoms. The second kappa shape index (κ2) is 5.08. The molecule has 0 aromatic carbocycles. The average Bonchev–Trinajstić information content (AvgIpc) is 2.36. The number of pyridine rings is 2. The molecule has 2 heterocycles. The van der Waals surface area contributed by atoms with Gasteiger partial charge in [-0.3, -0.25) is 0 Å². The molecule has 0 N–H and O–H groups in total. The summed E-state index contributed by atoms with van der Waals surface area (Å²) in [7, 11) is 0. The fraction of sp³-hybridized carbons (Fsp3) is 0.154. The fourth-order valence-electron chi connectivity index (χ4n) is 1.30. The Morgan fingerprint density at radius 3 is 3.12 bits per heavy atom. The quantitative estimate of drug-likeness (QED) is 0.546. The van der Waals surface area contributed by atoms with E-state index in [1.807, 2.05) is 18.2 Å². The second-order valence-electron chi connectivity index (χ2n) is 3.22. The molecule has 0 saturated heterocycles. The molecule has 0 aliphatic carbocycles. The maximum atomic E-state index is 11.0. The molecule has 0 spiro atoms. The summed E-state index contributed by atoms with van der Waals surface area (Å²) in [5, 5.41) is 0.939. The molecule has 2 aromatic rings. The van der Waals surface area contributed by atoms with Crippen molar-refractivity contribution in [1.82, 2.24) is 9.97 Å². The molecule has 2 rings (SSSR count). The van der Waals surface area contributed by atoms with Crippen LogP contribution in [0.4, 0.5) is 0 Å². The van der Waals surface area contributed by atoms with Gasteiger partial charge >= 0.3 is 5.97 Å². The zero-order chi connectivity index (χ0) is 12.1. The number of ether oxygens (including phenoxy) is 1. The van der Waals surface area contributed by atoms with Gasteiger partial charge in [-0.25, -0.2) is 14.8 Å². The van der Waals surface area contributed by atoms with E-state index in [-0.39, 0.29) is 0 Å². The molecule has 0 aliphatic heterocycles. The molecular weight excluding hydrogens is 216 g/mol. The third-order valence-corrected chi connectivity index (χ3v) is 2.03. The lowest BCUT2D eigenvalue weighted by Crippen LogP contribution is -1.99. The Kier molecular flexibility index (Phi) is 3.31. The summed E-state index contributed by atoms with van der Waals surface area (Å²) in [4.78, 5) is 19.4. The third-order valence-electron chi connectivity index (χ3n) is 2.03. The summed E-state index contributed by atoms with van der Waals surface area (Å²) in [5.74, 6) is 4.46. The highest BCUT2D eigenvalue weighted by Crippen LogP contribution is 2.08. The monoisotopic (exact) mass is 226 g/mol. The number of carbonyl (C=O) groups excluding carboxylic acids is 1. The Balaban J connectivity index is 2.28. The highest BCUT2D eigenvalue weighted by Gasteiger charge is 1.97. The maximum Gasteiger partial charge on any atom is 0.384 e. The Morgan fingerprint density at radius 1 is 1.41 bits per heavy atom. The maximum absolute atomic E-state index is 11.0. The first-order valence-corrected chi connectivity index (χ1v) is 5.20. The van der Waals surface area contributed by atoms with E-state index in [9.17, 15) is 4.79 Å². The Labute approximate surface area is 98.7 Å². The standard InChI is InChI=1S/C13H10N2O2/c1-2-17-12(16)8-7-11-6-5-10-4-3-9-14-13(10)15-11/h3-6,9H,2H2,1H3. The molecule has 0 atom stereocenters. The summed E-state index contributed by atoms with van der Waals surface area (Å²) >= 11 is 0. The predicted octanol–water partition coefficient (Wildman–Crippen LogP) is 1.54. The van der Waals surface area contributed by atoms with Gasteiger partial charge < -0.3 is 4.74 Å². The smallest absolute Gasteiger partial charge is 0.384 e. The SMILES string of the molecule is CCOC(=O)C#Cc1ccc2cccnc2n1. The van der Waals surface area contributed by atoms with Crippen molar-refractivity contribution in [3.05, 3.63) is 36.2 Å². The number of hydrogen-bond donors (Lipinski definition) is 0. The molecule has 84 valence electrons. The van der Waals surface area contributed by atoms with Crippen molar-refractivity contribution in [2.75, 3.05) is 6.61 Å². The van der Waals surface area contributed by atoms with Crippen molar-refractivity contribution in [3.8, 4) is 11.8 Å². The lowest BCUT2D eigenvalue weighted by atomic mass is 10.2. The number of esters is 1. The number of fused-ring (bicyclic) bond motifs is 1. The van der Waals surface area contributed by atoms with Crippen LogP contribution < -0.4 is 0 Å². The van der Waals surface area contributed by atoms with E-state index in [4.69, 9.17) is 4.74 Å². The molecule has 0 fully saturated rings. The minimum atomic E-state index is -0.546. The first kappa shape index (κ1) is 11.1. The Bertz CT molecular complexity index is 611. The first-order valence-electron chi connectivity index (χ1n) is 5.20. The summed E-state index contributed by atoms with van der Waals surface area (Å²) in [6.07, 6.45) is 1.66. The lowest BCUT2D eigenvalue weighted by molar-refractivity contribution is -0.136. The molecular formula is C13H10N2O2. The van der Waals surface area contributed by atoms with E-state index in [0.717, 1.165) is 5.39 Å². The first-order chi connectivity index (χ1) is 8.29. The topological polar surface area (TPSA) is 52.1 Å². The van der Waals surface area contributed by atoms with Crippen LogP contribution in [0.2, 0.25) is 0 Å². The van der Waals surface area contributed by atoms with Crippen LogP contribution in [-0.2, 0) is 9.53 Å². The second-order valence-corrected chi connectivity index (χ2v) is 3.22. The number of nitrogens with zero attached hydrogens (tertiary/aromatic N) is 2. The van der Waals surface area contributed by atoms with Gasteiger partial charge in [0.2, 0.25) is 0 Å². The zero-order valence-corrected chi connectivity index (χ0v) is 9.30.